The third-order valence-electron chi connectivity index (χ3n) is 3.28. The van der Waals surface area contributed by atoms with Crippen molar-refractivity contribution in [2.24, 2.45) is 5.92 Å². The molecule has 0 amide bonds. The molecule has 0 aliphatic heterocycles. The fourth-order valence-electron chi connectivity index (χ4n) is 1.76. The Morgan fingerprint density at radius 3 is 1.70 bits per heavy atom. The minimum atomic E-state index is 0. The molecule has 0 radical (unpaired) electrons. The van der Waals surface area contributed by atoms with E-state index >= 15 is 0 Å². The van der Waals surface area contributed by atoms with Crippen molar-refractivity contribution in [3.05, 3.63) is 64.4 Å². The van der Waals surface area contributed by atoms with Gasteiger partial charge in [0.2, 0.25) is 0 Å². The summed E-state index contributed by atoms with van der Waals surface area (Å²) in [6.07, 6.45) is 3.48. The topological polar surface area (TPSA) is 23.8 Å². The SMILES string of the molecule is CC1=[C-]C(C)C(C)=C1C.C[Si](C)=[Ti+2].[Cl-].[Cl-].[NH-]Cc1ccccc1. The molecule has 23 heavy (non-hydrogen) atoms. The van der Waals surface area contributed by atoms with Gasteiger partial charge in [0.1, 0.15) is 0 Å². The van der Waals surface area contributed by atoms with Crippen molar-refractivity contribution < 1.29 is 44.0 Å². The summed E-state index contributed by atoms with van der Waals surface area (Å²) in [5, 5.41) is 0. The van der Waals surface area contributed by atoms with Gasteiger partial charge >= 0.3 is 38.5 Å². The second-order valence-electron chi connectivity index (χ2n) is 5.46. The van der Waals surface area contributed by atoms with Crippen LogP contribution < -0.4 is 24.8 Å². The number of hydrogen-bond acceptors (Lipinski definition) is 0. The molecule has 0 saturated heterocycles. The first-order valence-electron chi connectivity index (χ1n) is 7.27. The molecule has 0 heterocycles. The van der Waals surface area contributed by atoms with E-state index in [-0.39, 0.29) is 31.0 Å². The van der Waals surface area contributed by atoms with Crippen LogP contribution in [-0.2, 0) is 25.7 Å². The van der Waals surface area contributed by atoms with Gasteiger partial charge < -0.3 is 30.5 Å². The van der Waals surface area contributed by atoms with E-state index in [2.05, 4.69) is 66.0 Å². The molecule has 0 bridgehead atoms. The molecule has 1 atom stereocenters. The first-order valence-corrected chi connectivity index (χ1v) is 12.1. The van der Waals surface area contributed by atoms with Gasteiger partial charge in [-0.25, -0.2) is 5.57 Å². The average molecular weight is 404 g/mol. The Kier molecular flexibility index (Phi) is 19.1. The van der Waals surface area contributed by atoms with Gasteiger partial charge in [-0.2, -0.15) is 11.1 Å². The van der Waals surface area contributed by atoms with E-state index < -0.39 is 0 Å². The van der Waals surface area contributed by atoms with Crippen molar-refractivity contribution in [3.8, 4) is 0 Å². The standard InChI is InChI=1S/C9H13.C7H8N.C2H6Si.2ClH.Ti/c1-6-5-7(2)9(4)8(6)3;8-6-7-4-2-1-3-5-7;1-3-2;;;/h6H,1-4H3;1-5,8H,6H2;1-2H3;2*1H;/q2*-1;;;;+2/p-2. The Bertz CT molecular complexity index is 509. The zero-order valence-electron chi connectivity index (χ0n) is 14.9. The predicted molar refractivity (Wildman–Crippen MR) is 91.9 cm³/mol. The molecule has 1 aromatic carbocycles. The molecule has 1 unspecified atom stereocenters. The van der Waals surface area contributed by atoms with E-state index in [1.54, 1.807) is 0 Å². The van der Waals surface area contributed by atoms with E-state index in [1.165, 1.54) is 16.7 Å². The van der Waals surface area contributed by atoms with Gasteiger partial charge in [0, 0.05) is 0 Å². The van der Waals surface area contributed by atoms with E-state index in [4.69, 9.17) is 5.73 Å². The van der Waals surface area contributed by atoms with Crippen molar-refractivity contribution in [1.29, 1.82) is 0 Å². The molecule has 1 aromatic rings. The van der Waals surface area contributed by atoms with Gasteiger partial charge in [0.15, 0.2) is 0 Å². The molecule has 1 N–H and O–H groups in total. The quantitative estimate of drug-likeness (QED) is 0.456. The maximum atomic E-state index is 6.94. The van der Waals surface area contributed by atoms with Gasteiger partial charge in [0.25, 0.3) is 0 Å². The minimum Gasteiger partial charge on any atom is -1.00 e. The molecule has 0 aromatic heterocycles. The summed E-state index contributed by atoms with van der Waals surface area (Å²) in [5.41, 5.74) is 12.3. The summed E-state index contributed by atoms with van der Waals surface area (Å²) in [7, 11) is 0. The Morgan fingerprint density at radius 2 is 1.52 bits per heavy atom. The number of hydrogen-bond donors (Lipinski definition) is 0. The fraction of sp³-hybridized carbons (Fsp3) is 0.444. The molecule has 0 spiro atoms. The summed E-state index contributed by atoms with van der Waals surface area (Å²) in [4.78, 5) is 0. The third kappa shape index (κ3) is 13.2. The van der Waals surface area contributed by atoms with Crippen LogP contribution in [0.2, 0.25) is 13.1 Å². The van der Waals surface area contributed by atoms with Crippen molar-refractivity contribution >= 4 is 6.19 Å². The Hall–Kier alpha value is 0.171. The Morgan fingerprint density at radius 1 is 1.09 bits per heavy atom. The molecule has 0 fully saturated rings. The molecule has 2 rings (SSSR count). The number of nitrogens with one attached hydrogen (secondary N) is 1. The number of allylic oxidation sites excluding steroid dienone is 4. The summed E-state index contributed by atoms with van der Waals surface area (Å²) < 4.78 is 0. The average Bonchev–Trinajstić information content (AvgIpc) is 2.66. The molecule has 1 aliphatic rings. The van der Waals surface area contributed by atoms with Gasteiger partial charge in [0.05, 0.1) is 0 Å². The number of benzene rings is 1. The van der Waals surface area contributed by atoms with Crippen molar-refractivity contribution in [2.45, 2.75) is 47.3 Å². The molecular formula is C18H27Cl2NSiTi-2. The van der Waals surface area contributed by atoms with Crippen molar-refractivity contribution in [1.82, 2.24) is 0 Å². The van der Waals surface area contributed by atoms with Crippen molar-refractivity contribution in [2.75, 3.05) is 0 Å². The molecule has 0 saturated carbocycles. The van der Waals surface area contributed by atoms with Crippen LogP contribution in [0, 0.1) is 12.0 Å². The van der Waals surface area contributed by atoms with Crippen molar-refractivity contribution in [3.63, 3.8) is 0 Å². The number of halogens is 2. The van der Waals surface area contributed by atoms with E-state index in [0.717, 1.165) is 5.56 Å². The molecular weight excluding hydrogens is 377 g/mol. The van der Waals surface area contributed by atoms with E-state index in [9.17, 15) is 0 Å². The van der Waals surface area contributed by atoms with Gasteiger partial charge in [-0.3, -0.25) is 6.08 Å². The van der Waals surface area contributed by atoms with Crippen LogP contribution in [0.4, 0.5) is 0 Å². The summed E-state index contributed by atoms with van der Waals surface area (Å²) in [6, 6.07) is 9.76. The van der Waals surface area contributed by atoms with Gasteiger partial charge in [-0.1, -0.05) is 62.6 Å². The van der Waals surface area contributed by atoms with E-state index in [0.29, 0.717) is 12.5 Å². The molecule has 1 aliphatic carbocycles. The smallest absolute Gasteiger partial charge is 0.0608 e. The predicted octanol–water partition coefficient (Wildman–Crippen LogP) is -0.247. The maximum absolute atomic E-state index is 6.94. The second-order valence-corrected chi connectivity index (χ2v) is 12.1. The third-order valence-corrected chi connectivity index (χ3v) is 3.28. The van der Waals surface area contributed by atoms with Crippen LogP contribution in [-0.4, -0.2) is 6.19 Å². The zero-order valence-corrected chi connectivity index (χ0v) is 19.0. The van der Waals surface area contributed by atoms with Gasteiger partial charge in [-0.05, 0) is 0 Å². The second kappa shape index (κ2) is 15.7. The monoisotopic (exact) mass is 403 g/mol. The first-order chi connectivity index (χ1) is 9.79. The first kappa shape index (κ1) is 28.0. The molecule has 5 heteroatoms. The van der Waals surface area contributed by atoms with Gasteiger partial charge in [-0.15, -0.1) is 13.5 Å². The van der Waals surface area contributed by atoms with Crippen LogP contribution in [0.5, 0.6) is 0 Å². The minimum absolute atomic E-state index is 0. The maximum Gasteiger partial charge on any atom is -0.0608 e. The van der Waals surface area contributed by atoms with Crippen LogP contribution >= 0.6 is 0 Å². The summed E-state index contributed by atoms with van der Waals surface area (Å²) >= 11 is 2.27. The summed E-state index contributed by atoms with van der Waals surface area (Å²) in [5.74, 6) is 0.560. The number of rotatable bonds is 1. The van der Waals surface area contributed by atoms with Crippen LogP contribution in [0.3, 0.4) is 0 Å². The van der Waals surface area contributed by atoms with Crippen LogP contribution in [0.1, 0.15) is 33.3 Å². The molecule has 1 nitrogen and oxygen atoms in total. The summed E-state index contributed by atoms with van der Waals surface area (Å²) in [6.45, 7) is 13.6. The Labute approximate surface area is 167 Å². The van der Waals surface area contributed by atoms with Crippen LogP contribution in [0.15, 0.2) is 47.1 Å². The largest absolute Gasteiger partial charge is 1.00 e. The molecule has 128 valence electrons. The fourth-order valence-corrected chi connectivity index (χ4v) is 1.76. The Balaban J connectivity index is -0.000000267. The zero-order chi connectivity index (χ0) is 16.4. The van der Waals surface area contributed by atoms with E-state index in [1.807, 2.05) is 30.3 Å². The van der Waals surface area contributed by atoms with Crippen LogP contribution in [0.25, 0.3) is 5.73 Å². The normalized spacial score (nSPS) is 15.0.